The maximum Gasteiger partial charge on any atom is 0.343 e. The SMILES string of the molecule is CC(C)c1nn(C(C)(C)C)c(=O)[nH]1. The lowest BCUT2D eigenvalue weighted by Crippen LogP contribution is -2.33. The van der Waals surface area contributed by atoms with Crippen molar-refractivity contribution in [2.45, 2.75) is 46.1 Å². The third kappa shape index (κ3) is 1.99. The normalized spacial score (nSPS) is 12.5. The highest BCUT2D eigenvalue weighted by Gasteiger charge is 2.19. The van der Waals surface area contributed by atoms with Gasteiger partial charge in [-0.15, -0.1) is 0 Å². The molecule has 0 aromatic carbocycles. The van der Waals surface area contributed by atoms with Crippen molar-refractivity contribution in [3.8, 4) is 0 Å². The number of aromatic amines is 1. The average Bonchev–Trinajstić information content (AvgIpc) is 2.29. The highest BCUT2D eigenvalue weighted by atomic mass is 16.2. The molecule has 0 aliphatic rings. The monoisotopic (exact) mass is 183 g/mol. The third-order valence-corrected chi connectivity index (χ3v) is 1.82. The number of H-pyrrole nitrogens is 1. The molecule has 1 aromatic rings. The maximum absolute atomic E-state index is 11.4. The van der Waals surface area contributed by atoms with Crippen molar-refractivity contribution < 1.29 is 0 Å². The van der Waals surface area contributed by atoms with E-state index in [0.29, 0.717) is 0 Å². The molecule has 0 aliphatic carbocycles. The Kier molecular flexibility index (Phi) is 2.32. The molecule has 0 radical (unpaired) electrons. The molecule has 74 valence electrons. The molecule has 1 rings (SSSR count). The van der Waals surface area contributed by atoms with Crippen LogP contribution in [0, 0.1) is 0 Å². The maximum atomic E-state index is 11.4. The summed E-state index contributed by atoms with van der Waals surface area (Å²) in [4.78, 5) is 14.2. The first-order valence-corrected chi connectivity index (χ1v) is 4.52. The number of aromatic nitrogens is 3. The Labute approximate surface area is 78.0 Å². The van der Waals surface area contributed by atoms with Crippen molar-refractivity contribution in [2.75, 3.05) is 0 Å². The minimum Gasteiger partial charge on any atom is -0.292 e. The van der Waals surface area contributed by atoms with Gasteiger partial charge in [0.15, 0.2) is 0 Å². The Balaban J connectivity index is 3.19. The zero-order valence-electron chi connectivity index (χ0n) is 8.88. The Morgan fingerprint density at radius 1 is 1.38 bits per heavy atom. The quantitative estimate of drug-likeness (QED) is 0.716. The van der Waals surface area contributed by atoms with Crippen LogP contribution in [0.4, 0.5) is 0 Å². The molecule has 0 saturated heterocycles. The van der Waals surface area contributed by atoms with Gasteiger partial charge in [-0.05, 0) is 20.8 Å². The molecule has 0 saturated carbocycles. The van der Waals surface area contributed by atoms with Crippen LogP contribution >= 0.6 is 0 Å². The van der Waals surface area contributed by atoms with Gasteiger partial charge in [-0.2, -0.15) is 5.10 Å². The van der Waals surface area contributed by atoms with E-state index in [1.807, 2.05) is 34.6 Å². The summed E-state index contributed by atoms with van der Waals surface area (Å²) >= 11 is 0. The van der Waals surface area contributed by atoms with E-state index in [1.54, 1.807) is 0 Å². The van der Waals surface area contributed by atoms with Crippen molar-refractivity contribution >= 4 is 0 Å². The molecule has 4 nitrogen and oxygen atoms in total. The van der Waals surface area contributed by atoms with Gasteiger partial charge in [0.1, 0.15) is 5.82 Å². The first kappa shape index (κ1) is 10.0. The summed E-state index contributed by atoms with van der Waals surface area (Å²) in [6.07, 6.45) is 0. The van der Waals surface area contributed by atoms with E-state index in [9.17, 15) is 4.79 Å². The molecular formula is C9H17N3O. The van der Waals surface area contributed by atoms with Gasteiger partial charge in [-0.25, -0.2) is 9.48 Å². The largest absolute Gasteiger partial charge is 0.343 e. The van der Waals surface area contributed by atoms with Crippen LogP contribution in [-0.2, 0) is 5.54 Å². The van der Waals surface area contributed by atoms with Crippen LogP contribution in [0.25, 0.3) is 0 Å². The second-order valence-corrected chi connectivity index (χ2v) is 4.55. The highest BCUT2D eigenvalue weighted by Crippen LogP contribution is 2.11. The van der Waals surface area contributed by atoms with Crippen LogP contribution in [0.5, 0.6) is 0 Å². The number of nitrogens with zero attached hydrogens (tertiary/aromatic N) is 2. The van der Waals surface area contributed by atoms with Gasteiger partial charge >= 0.3 is 5.69 Å². The van der Waals surface area contributed by atoms with E-state index < -0.39 is 0 Å². The molecule has 0 fully saturated rings. The highest BCUT2D eigenvalue weighted by molar-refractivity contribution is 4.91. The van der Waals surface area contributed by atoms with Crippen molar-refractivity contribution in [3.63, 3.8) is 0 Å². The van der Waals surface area contributed by atoms with Gasteiger partial charge in [-0.1, -0.05) is 13.8 Å². The van der Waals surface area contributed by atoms with E-state index in [1.165, 1.54) is 4.68 Å². The Morgan fingerprint density at radius 3 is 2.15 bits per heavy atom. The van der Waals surface area contributed by atoms with Crippen LogP contribution < -0.4 is 5.69 Å². The van der Waals surface area contributed by atoms with E-state index in [4.69, 9.17) is 0 Å². The van der Waals surface area contributed by atoms with Crippen molar-refractivity contribution in [3.05, 3.63) is 16.3 Å². The Morgan fingerprint density at radius 2 is 1.92 bits per heavy atom. The molecule has 0 amide bonds. The van der Waals surface area contributed by atoms with Gasteiger partial charge in [0.25, 0.3) is 0 Å². The first-order chi connectivity index (χ1) is 5.82. The Hall–Kier alpha value is -1.06. The fraction of sp³-hybridized carbons (Fsp3) is 0.778. The minimum atomic E-state index is -0.249. The molecule has 0 spiro atoms. The smallest absolute Gasteiger partial charge is 0.292 e. The molecule has 0 bridgehead atoms. The van der Waals surface area contributed by atoms with Gasteiger partial charge in [0.2, 0.25) is 0 Å². The summed E-state index contributed by atoms with van der Waals surface area (Å²) in [6, 6.07) is 0. The summed E-state index contributed by atoms with van der Waals surface area (Å²) in [7, 11) is 0. The minimum absolute atomic E-state index is 0.129. The molecule has 0 aliphatic heterocycles. The summed E-state index contributed by atoms with van der Waals surface area (Å²) in [5.74, 6) is 1.01. The second kappa shape index (κ2) is 3.01. The number of hydrogen-bond acceptors (Lipinski definition) is 2. The zero-order valence-corrected chi connectivity index (χ0v) is 8.88. The molecular weight excluding hydrogens is 166 g/mol. The van der Waals surface area contributed by atoms with Crippen LogP contribution in [0.15, 0.2) is 4.79 Å². The van der Waals surface area contributed by atoms with Gasteiger partial charge < -0.3 is 0 Å². The van der Waals surface area contributed by atoms with E-state index in [0.717, 1.165) is 5.82 Å². The fourth-order valence-electron chi connectivity index (χ4n) is 1.06. The van der Waals surface area contributed by atoms with Gasteiger partial charge in [0, 0.05) is 5.92 Å². The number of hydrogen-bond donors (Lipinski definition) is 1. The number of nitrogens with one attached hydrogen (secondary N) is 1. The third-order valence-electron chi connectivity index (χ3n) is 1.82. The fourth-order valence-corrected chi connectivity index (χ4v) is 1.06. The predicted molar refractivity (Wildman–Crippen MR) is 51.9 cm³/mol. The van der Waals surface area contributed by atoms with E-state index in [2.05, 4.69) is 10.1 Å². The lowest BCUT2D eigenvalue weighted by atomic mass is 10.1. The van der Waals surface area contributed by atoms with Crippen molar-refractivity contribution in [2.24, 2.45) is 0 Å². The van der Waals surface area contributed by atoms with Crippen LogP contribution in [-0.4, -0.2) is 14.8 Å². The lowest BCUT2D eigenvalue weighted by molar-refractivity contribution is 0.341. The molecule has 1 N–H and O–H groups in total. The predicted octanol–water partition coefficient (Wildman–Crippen LogP) is 1.45. The van der Waals surface area contributed by atoms with Crippen LogP contribution in [0.2, 0.25) is 0 Å². The second-order valence-electron chi connectivity index (χ2n) is 4.55. The van der Waals surface area contributed by atoms with Crippen LogP contribution in [0.3, 0.4) is 0 Å². The van der Waals surface area contributed by atoms with E-state index in [-0.39, 0.29) is 17.1 Å². The molecule has 0 atom stereocenters. The van der Waals surface area contributed by atoms with Gasteiger partial charge in [0.05, 0.1) is 5.54 Å². The summed E-state index contributed by atoms with van der Waals surface area (Å²) in [6.45, 7) is 9.88. The van der Waals surface area contributed by atoms with Gasteiger partial charge in [-0.3, -0.25) is 4.98 Å². The number of rotatable bonds is 1. The van der Waals surface area contributed by atoms with Crippen molar-refractivity contribution in [1.82, 2.24) is 14.8 Å². The first-order valence-electron chi connectivity index (χ1n) is 4.52. The zero-order chi connectivity index (χ0) is 10.2. The molecule has 1 heterocycles. The average molecular weight is 183 g/mol. The molecule has 13 heavy (non-hydrogen) atoms. The molecule has 1 aromatic heterocycles. The Bertz CT molecular complexity index is 340. The van der Waals surface area contributed by atoms with Crippen molar-refractivity contribution in [1.29, 1.82) is 0 Å². The lowest BCUT2D eigenvalue weighted by Gasteiger charge is -2.16. The molecule has 4 heteroatoms. The summed E-state index contributed by atoms with van der Waals surface area (Å²) < 4.78 is 1.49. The van der Waals surface area contributed by atoms with Crippen LogP contribution in [0.1, 0.15) is 46.4 Å². The standard InChI is InChI=1S/C9H17N3O/c1-6(2)7-10-8(13)12(11-7)9(3,4)5/h6H,1-5H3,(H,10,11,13). The molecule has 0 unspecified atom stereocenters. The van der Waals surface area contributed by atoms with E-state index >= 15 is 0 Å². The topological polar surface area (TPSA) is 50.7 Å². The summed E-state index contributed by atoms with van der Waals surface area (Å²) in [5.41, 5.74) is -0.378. The summed E-state index contributed by atoms with van der Waals surface area (Å²) in [5, 5.41) is 4.23.